The van der Waals surface area contributed by atoms with Crippen LogP contribution in [0, 0.1) is 0 Å². The zero-order chi connectivity index (χ0) is 11.8. The SMILES string of the molecule is CCC(C)NC(CC(OC)OC)C(N)=O. The predicted molar refractivity (Wildman–Crippen MR) is 58.3 cm³/mol. The number of nitrogens with two attached hydrogens (primary N) is 1. The number of amides is 1. The van der Waals surface area contributed by atoms with Crippen LogP contribution in [0.1, 0.15) is 26.7 Å². The molecule has 1 amide bonds. The van der Waals surface area contributed by atoms with Crippen LogP contribution in [0.3, 0.4) is 0 Å². The third-order valence-corrected chi connectivity index (χ3v) is 2.40. The van der Waals surface area contributed by atoms with E-state index in [0.29, 0.717) is 6.42 Å². The van der Waals surface area contributed by atoms with Gasteiger partial charge in [-0.1, -0.05) is 6.92 Å². The zero-order valence-electron chi connectivity index (χ0n) is 9.95. The Morgan fingerprint density at radius 3 is 2.27 bits per heavy atom. The van der Waals surface area contributed by atoms with Gasteiger partial charge in [-0.25, -0.2) is 0 Å². The van der Waals surface area contributed by atoms with Crippen LogP contribution in [-0.2, 0) is 14.3 Å². The van der Waals surface area contributed by atoms with Crippen LogP contribution in [0.25, 0.3) is 0 Å². The molecule has 2 unspecified atom stereocenters. The molecule has 90 valence electrons. The van der Waals surface area contributed by atoms with Crippen molar-refractivity contribution in [3.63, 3.8) is 0 Å². The van der Waals surface area contributed by atoms with Gasteiger partial charge in [-0.3, -0.25) is 4.79 Å². The molecular weight excluding hydrogens is 196 g/mol. The highest BCUT2D eigenvalue weighted by Crippen LogP contribution is 2.04. The molecule has 0 aliphatic carbocycles. The lowest BCUT2D eigenvalue weighted by atomic mass is 10.1. The molecule has 0 saturated carbocycles. The summed E-state index contributed by atoms with van der Waals surface area (Å²) in [5.74, 6) is -0.380. The number of carbonyl (C=O) groups excluding carboxylic acids is 1. The maximum absolute atomic E-state index is 11.2. The lowest BCUT2D eigenvalue weighted by Crippen LogP contribution is -2.47. The third-order valence-electron chi connectivity index (χ3n) is 2.40. The topological polar surface area (TPSA) is 73.6 Å². The smallest absolute Gasteiger partial charge is 0.234 e. The summed E-state index contributed by atoms with van der Waals surface area (Å²) in [4.78, 5) is 11.2. The first-order chi connectivity index (χ1) is 7.04. The summed E-state index contributed by atoms with van der Waals surface area (Å²) in [7, 11) is 3.07. The third kappa shape index (κ3) is 5.71. The predicted octanol–water partition coefficient (Wildman–Crippen LogP) is 0.237. The molecule has 3 N–H and O–H groups in total. The second-order valence-electron chi connectivity index (χ2n) is 3.57. The highest BCUT2D eigenvalue weighted by atomic mass is 16.7. The fourth-order valence-corrected chi connectivity index (χ4v) is 1.21. The van der Waals surface area contributed by atoms with Crippen molar-refractivity contribution in [3.05, 3.63) is 0 Å². The number of ether oxygens (including phenoxy) is 2. The number of rotatable bonds is 8. The Hall–Kier alpha value is -0.650. The summed E-state index contributed by atoms with van der Waals surface area (Å²) in [6, 6.07) is -0.165. The van der Waals surface area contributed by atoms with E-state index in [1.807, 2.05) is 13.8 Å². The fourth-order valence-electron chi connectivity index (χ4n) is 1.21. The van der Waals surface area contributed by atoms with Crippen molar-refractivity contribution in [1.29, 1.82) is 0 Å². The normalized spacial score (nSPS) is 15.3. The minimum absolute atomic E-state index is 0.247. The van der Waals surface area contributed by atoms with Gasteiger partial charge in [0.2, 0.25) is 5.91 Å². The molecule has 0 rings (SSSR count). The van der Waals surface area contributed by atoms with Gasteiger partial charge >= 0.3 is 0 Å². The summed E-state index contributed by atoms with van der Waals surface area (Å²) in [6.07, 6.45) is 0.959. The Bertz CT molecular complexity index is 184. The Kier molecular flexibility index (Phi) is 7.29. The lowest BCUT2D eigenvalue weighted by molar-refractivity contribution is -0.130. The van der Waals surface area contributed by atoms with Gasteiger partial charge in [0.15, 0.2) is 6.29 Å². The molecule has 0 aromatic heterocycles. The van der Waals surface area contributed by atoms with E-state index < -0.39 is 12.3 Å². The van der Waals surface area contributed by atoms with Crippen molar-refractivity contribution < 1.29 is 14.3 Å². The Morgan fingerprint density at radius 1 is 1.40 bits per heavy atom. The Morgan fingerprint density at radius 2 is 1.93 bits per heavy atom. The van der Waals surface area contributed by atoms with Crippen molar-refractivity contribution in [3.8, 4) is 0 Å². The molecule has 0 aliphatic heterocycles. The van der Waals surface area contributed by atoms with Gasteiger partial charge in [-0.15, -0.1) is 0 Å². The Balaban J connectivity index is 4.20. The molecule has 15 heavy (non-hydrogen) atoms. The zero-order valence-corrected chi connectivity index (χ0v) is 9.95. The van der Waals surface area contributed by atoms with Gasteiger partial charge in [0.05, 0.1) is 6.04 Å². The van der Waals surface area contributed by atoms with Gasteiger partial charge in [-0.2, -0.15) is 0 Å². The summed E-state index contributed by atoms with van der Waals surface area (Å²) >= 11 is 0. The van der Waals surface area contributed by atoms with E-state index in [1.165, 1.54) is 14.2 Å². The number of nitrogens with one attached hydrogen (secondary N) is 1. The number of hydrogen-bond donors (Lipinski definition) is 2. The average molecular weight is 218 g/mol. The van der Waals surface area contributed by atoms with Crippen molar-refractivity contribution in [2.24, 2.45) is 5.73 Å². The number of carbonyl (C=O) groups is 1. The van der Waals surface area contributed by atoms with Crippen LogP contribution in [0.2, 0.25) is 0 Å². The minimum Gasteiger partial charge on any atom is -0.368 e. The van der Waals surface area contributed by atoms with E-state index in [1.54, 1.807) is 0 Å². The van der Waals surface area contributed by atoms with Crippen molar-refractivity contribution in [1.82, 2.24) is 5.32 Å². The monoisotopic (exact) mass is 218 g/mol. The van der Waals surface area contributed by atoms with Crippen LogP contribution < -0.4 is 11.1 Å². The van der Waals surface area contributed by atoms with E-state index in [0.717, 1.165) is 6.42 Å². The molecule has 0 bridgehead atoms. The van der Waals surface area contributed by atoms with Gasteiger partial charge in [0, 0.05) is 26.7 Å². The van der Waals surface area contributed by atoms with Crippen LogP contribution >= 0.6 is 0 Å². The van der Waals surface area contributed by atoms with Gasteiger partial charge in [0.1, 0.15) is 0 Å². The molecule has 0 radical (unpaired) electrons. The highest BCUT2D eigenvalue weighted by molar-refractivity contribution is 5.79. The van der Waals surface area contributed by atoms with Crippen LogP contribution in [0.5, 0.6) is 0 Å². The molecule has 0 aromatic rings. The standard InChI is InChI=1S/C10H22N2O3/c1-5-7(2)12-8(10(11)13)6-9(14-3)15-4/h7-9,12H,5-6H2,1-4H3,(H2,11,13). The first-order valence-electron chi connectivity index (χ1n) is 5.16. The fraction of sp³-hybridized carbons (Fsp3) is 0.900. The van der Waals surface area contributed by atoms with Gasteiger partial charge in [-0.05, 0) is 13.3 Å². The first-order valence-corrected chi connectivity index (χ1v) is 5.16. The van der Waals surface area contributed by atoms with E-state index in [2.05, 4.69) is 5.32 Å². The summed E-state index contributed by atoms with van der Waals surface area (Å²) in [5.41, 5.74) is 5.28. The van der Waals surface area contributed by atoms with Crippen molar-refractivity contribution in [2.75, 3.05) is 14.2 Å². The van der Waals surface area contributed by atoms with Crippen LogP contribution in [0.4, 0.5) is 0 Å². The second-order valence-corrected chi connectivity index (χ2v) is 3.57. The molecule has 0 spiro atoms. The molecule has 0 saturated heterocycles. The molecule has 5 nitrogen and oxygen atoms in total. The number of hydrogen-bond acceptors (Lipinski definition) is 4. The summed E-state index contributed by atoms with van der Waals surface area (Å²) in [6.45, 7) is 4.05. The van der Waals surface area contributed by atoms with Gasteiger partial charge < -0.3 is 20.5 Å². The quantitative estimate of drug-likeness (QED) is 0.572. The number of primary amides is 1. The highest BCUT2D eigenvalue weighted by Gasteiger charge is 2.21. The summed E-state index contributed by atoms with van der Waals surface area (Å²) < 4.78 is 10.1. The van der Waals surface area contributed by atoms with E-state index in [9.17, 15) is 4.79 Å². The van der Waals surface area contributed by atoms with E-state index >= 15 is 0 Å². The number of methoxy groups -OCH3 is 2. The van der Waals surface area contributed by atoms with Crippen molar-refractivity contribution in [2.45, 2.75) is 45.1 Å². The Labute approximate surface area is 91.3 Å². The van der Waals surface area contributed by atoms with Gasteiger partial charge in [0.25, 0.3) is 0 Å². The molecule has 0 heterocycles. The maximum atomic E-state index is 11.2. The average Bonchev–Trinajstić information content (AvgIpc) is 2.23. The molecule has 0 fully saturated rings. The van der Waals surface area contributed by atoms with Crippen molar-refractivity contribution >= 4 is 5.91 Å². The molecular formula is C10H22N2O3. The summed E-state index contributed by atoms with van der Waals surface area (Å²) in [5, 5.41) is 3.13. The van der Waals surface area contributed by atoms with Crippen LogP contribution in [0.15, 0.2) is 0 Å². The minimum atomic E-state index is -0.412. The largest absolute Gasteiger partial charge is 0.368 e. The van der Waals surface area contributed by atoms with E-state index in [-0.39, 0.29) is 11.9 Å². The molecule has 2 atom stereocenters. The molecule has 0 aliphatic rings. The first kappa shape index (κ1) is 14.3. The second kappa shape index (κ2) is 7.62. The van der Waals surface area contributed by atoms with Crippen LogP contribution in [-0.4, -0.2) is 38.5 Å². The maximum Gasteiger partial charge on any atom is 0.234 e. The lowest BCUT2D eigenvalue weighted by Gasteiger charge is -2.23. The van der Waals surface area contributed by atoms with E-state index in [4.69, 9.17) is 15.2 Å². The molecule has 5 heteroatoms. The molecule has 0 aromatic carbocycles.